The molecule has 1 saturated carbocycles. The van der Waals surface area contributed by atoms with Crippen molar-refractivity contribution in [2.75, 3.05) is 20.1 Å². The van der Waals surface area contributed by atoms with Gasteiger partial charge in [0.05, 0.1) is 6.10 Å². The first-order valence-electron chi connectivity index (χ1n) is 6.19. The van der Waals surface area contributed by atoms with Gasteiger partial charge in [-0.15, -0.1) is 0 Å². The fourth-order valence-corrected chi connectivity index (χ4v) is 2.42. The van der Waals surface area contributed by atoms with Crippen molar-refractivity contribution < 1.29 is 9.90 Å². The molecular formula is C12H24N2O2. The Hall–Kier alpha value is -0.610. The van der Waals surface area contributed by atoms with Gasteiger partial charge in [0, 0.05) is 19.5 Å². The van der Waals surface area contributed by atoms with Gasteiger partial charge in [0.25, 0.3) is 0 Å². The highest BCUT2D eigenvalue weighted by molar-refractivity contribution is 5.79. The van der Waals surface area contributed by atoms with Crippen molar-refractivity contribution in [2.45, 2.75) is 38.7 Å². The van der Waals surface area contributed by atoms with Gasteiger partial charge >= 0.3 is 0 Å². The molecule has 0 aliphatic heterocycles. The Bertz CT molecular complexity index is 231. The van der Waals surface area contributed by atoms with Crippen molar-refractivity contribution >= 4 is 5.91 Å². The number of hydrogen-bond acceptors (Lipinski definition) is 3. The zero-order valence-corrected chi connectivity index (χ0v) is 10.4. The first-order valence-corrected chi connectivity index (χ1v) is 6.19. The maximum atomic E-state index is 12.1. The number of nitrogens with zero attached hydrogens (tertiary/aromatic N) is 1. The normalized spacial score (nSPS) is 26.8. The van der Waals surface area contributed by atoms with E-state index in [9.17, 15) is 9.90 Å². The van der Waals surface area contributed by atoms with Gasteiger partial charge in [-0.05, 0) is 38.6 Å². The summed E-state index contributed by atoms with van der Waals surface area (Å²) < 4.78 is 0. The average Bonchev–Trinajstić information content (AvgIpc) is 2.72. The highest BCUT2D eigenvalue weighted by Gasteiger charge is 2.33. The van der Waals surface area contributed by atoms with Crippen molar-refractivity contribution in [3.8, 4) is 0 Å². The number of rotatable bonds is 5. The predicted molar refractivity (Wildman–Crippen MR) is 63.8 cm³/mol. The van der Waals surface area contributed by atoms with E-state index in [0.29, 0.717) is 25.4 Å². The largest absolute Gasteiger partial charge is 0.393 e. The lowest BCUT2D eigenvalue weighted by molar-refractivity contribution is -0.135. The Labute approximate surface area is 97.8 Å². The van der Waals surface area contributed by atoms with Crippen LogP contribution in [0, 0.1) is 11.8 Å². The molecule has 3 N–H and O–H groups in total. The molecule has 3 atom stereocenters. The van der Waals surface area contributed by atoms with Crippen LogP contribution in [-0.2, 0) is 4.79 Å². The fourth-order valence-electron chi connectivity index (χ4n) is 2.42. The molecule has 0 aromatic heterocycles. The molecule has 1 amide bonds. The van der Waals surface area contributed by atoms with E-state index >= 15 is 0 Å². The van der Waals surface area contributed by atoms with E-state index in [1.54, 1.807) is 11.8 Å². The molecule has 0 radical (unpaired) electrons. The summed E-state index contributed by atoms with van der Waals surface area (Å²) in [4.78, 5) is 13.9. The van der Waals surface area contributed by atoms with Crippen LogP contribution in [-0.4, -0.2) is 42.2 Å². The minimum absolute atomic E-state index is 0.115. The van der Waals surface area contributed by atoms with E-state index in [0.717, 1.165) is 19.3 Å². The highest BCUT2D eigenvalue weighted by atomic mass is 16.3. The van der Waals surface area contributed by atoms with Crippen molar-refractivity contribution in [1.82, 2.24) is 4.90 Å². The number of nitrogens with two attached hydrogens (primary N) is 1. The van der Waals surface area contributed by atoms with Gasteiger partial charge in [-0.2, -0.15) is 0 Å². The Balaban J connectivity index is 2.43. The third kappa shape index (κ3) is 3.46. The first kappa shape index (κ1) is 13.5. The van der Waals surface area contributed by atoms with Gasteiger partial charge in [-0.1, -0.05) is 6.42 Å². The monoisotopic (exact) mass is 228 g/mol. The number of aliphatic hydroxyl groups excluding tert-OH is 1. The van der Waals surface area contributed by atoms with E-state index in [4.69, 9.17) is 5.73 Å². The summed E-state index contributed by atoms with van der Waals surface area (Å²) in [6.45, 7) is 2.99. The quantitative estimate of drug-likeness (QED) is 0.724. The second-order valence-electron chi connectivity index (χ2n) is 4.93. The van der Waals surface area contributed by atoms with Crippen molar-refractivity contribution in [2.24, 2.45) is 17.6 Å². The number of amides is 1. The summed E-state index contributed by atoms with van der Waals surface area (Å²) >= 11 is 0. The molecule has 3 unspecified atom stereocenters. The van der Waals surface area contributed by atoms with Crippen LogP contribution in [0.4, 0.5) is 0 Å². The number of carbonyl (C=O) groups is 1. The molecule has 1 rings (SSSR count). The summed E-state index contributed by atoms with van der Waals surface area (Å²) in [5.74, 6) is 0.680. The van der Waals surface area contributed by atoms with Crippen molar-refractivity contribution in [1.29, 1.82) is 0 Å². The first-order chi connectivity index (χ1) is 7.56. The lowest BCUT2D eigenvalue weighted by Crippen LogP contribution is -2.37. The third-order valence-corrected chi connectivity index (χ3v) is 3.54. The zero-order chi connectivity index (χ0) is 12.1. The molecule has 0 aromatic carbocycles. The summed E-state index contributed by atoms with van der Waals surface area (Å²) in [5.41, 5.74) is 5.67. The number of hydrogen-bond donors (Lipinski definition) is 2. The fraction of sp³-hybridized carbons (Fsp3) is 0.917. The summed E-state index contributed by atoms with van der Waals surface area (Å²) in [6, 6.07) is 0. The van der Waals surface area contributed by atoms with Gasteiger partial charge in [0.15, 0.2) is 0 Å². The average molecular weight is 228 g/mol. The third-order valence-electron chi connectivity index (χ3n) is 3.54. The van der Waals surface area contributed by atoms with E-state index < -0.39 is 0 Å². The van der Waals surface area contributed by atoms with Crippen LogP contribution < -0.4 is 5.73 Å². The molecule has 0 heterocycles. The molecule has 1 aliphatic rings. The Morgan fingerprint density at radius 2 is 2.25 bits per heavy atom. The summed E-state index contributed by atoms with van der Waals surface area (Å²) in [6.07, 6.45) is 3.46. The molecule has 0 spiro atoms. The molecule has 0 aromatic rings. The maximum absolute atomic E-state index is 12.1. The van der Waals surface area contributed by atoms with Gasteiger partial charge < -0.3 is 15.7 Å². The van der Waals surface area contributed by atoms with Gasteiger partial charge in [0.2, 0.25) is 5.91 Å². The van der Waals surface area contributed by atoms with Crippen molar-refractivity contribution in [3.63, 3.8) is 0 Å². The van der Waals surface area contributed by atoms with Crippen LogP contribution in [0.2, 0.25) is 0 Å². The van der Waals surface area contributed by atoms with Crippen LogP contribution in [0.15, 0.2) is 0 Å². The molecule has 94 valence electrons. The molecule has 0 saturated heterocycles. The molecular weight excluding hydrogens is 204 g/mol. The number of carbonyl (C=O) groups excluding carboxylic acids is 1. The van der Waals surface area contributed by atoms with Crippen molar-refractivity contribution in [3.05, 3.63) is 0 Å². The molecule has 1 aliphatic carbocycles. The lowest BCUT2D eigenvalue weighted by atomic mass is 9.95. The Morgan fingerprint density at radius 3 is 2.81 bits per heavy atom. The molecule has 16 heavy (non-hydrogen) atoms. The van der Waals surface area contributed by atoms with Crippen LogP contribution in [0.25, 0.3) is 0 Å². The summed E-state index contributed by atoms with van der Waals surface area (Å²) in [5, 5.41) is 9.19. The minimum atomic E-state index is -0.343. The molecule has 4 nitrogen and oxygen atoms in total. The van der Waals surface area contributed by atoms with E-state index in [2.05, 4.69) is 0 Å². The molecule has 0 bridgehead atoms. The lowest BCUT2D eigenvalue weighted by Gasteiger charge is -2.24. The predicted octanol–water partition coefficient (Wildman–Crippen LogP) is 0.591. The Kier molecular flexibility index (Phi) is 5.22. The van der Waals surface area contributed by atoms with Gasteiger partial charge in [-0.25, -0.2) is 0 Å². The number of aliphatic hydroxyl groups is 1. The summed E-state index contributed by atoms with van der Waals surface area (Å²) in [7, 11) is 1.82. The smallest absolute Gasteiger partial charge is 0.225 e. The molecule has 1 fully saturated rings. The highest BCUT2D eigenvalue weighted by Crippen LogP contribution is 2.32. The van der Waals surface area contributed by atoms with E-state index in [1.165, 1.54) is 0 Å². The zero-order valence-electron chi connectivity index (χ0n) is 10.4. The van der Waals surface area contributed by atoms with Crippen LogP contribution in [0.1, 0.15) is 32.6 Å². The van der Waals surface area contributed by atoms with Crippen LogP contribution >= 0.6 is 0 Å². The topological polar surface area (TPSA) is 66.6 Å². The van der Waals surface area contributed by atoms with E-state index in [1.807, 2.05) is 7.05 Å². The minimum Gasteiger partial charge on any atom is -0.393 e. The van der Waals surface area contributed by atoms with E-state index in [-0.39, 0.29) is 17.9 Å². The van der Waals surface area contributed by atoms with Crippen LogP contribution in [0.5, 0.6) is 0 Å². The van der Waals surface area contributed by atoms with Crippen LogP contribution in [0.3, 0.4) is 0 Å². The SMILES string of the molecule is CC(O)CCN(C)C(=O)C1CCCC1CN. The Morgan fingerprint density at radius 1 is 1.56 bits per heavy atom. The van der Waals surface area contributed by atoms with Gasteiger partial charge in [-0.3, -0.25) is 4.79 Å². The standard InChI is InChI=1S/C12H24N2O2/c1-9(15)6-7-14(2)12(16)11-5-3-4-10(11)8-13/h9-11,15H,3-8,13H2,1-2H3. The second-order valence-corrected chi connectivity index (χ2v) is 4.93. The van der Waals surface area contributed by atoms with Gasteiger partial charge in [0.1, 0.15) is 0 Å². The molecule has 4 heteroatoms. The second kappa shape index (κ2) is 6.21. The maximum Gasteiger partial charge on any atom is 0.225 e.